The minimum Gasteiger partial charge on any atom is -0.456 e. The highest BCUT2D eigenvalue weighted by atomic mass is 32.1. The van der Waals surface area contributed by atoms with Crippen LogP contribution in [0, 0.1) is 6.92 Å². The molecule has 0 fully saturated rings. The van der Waals surface area contributed by atoms with Crippen LogP contribution in [0.25, 0.3) is 10.2 Å². The normalized spacial score (nSPS) is 12.3. The van der Waals surface area contributed by atoms with Crippen LogP contribution in [-0.2, 0) is 24.2 Å². The van der Waals surface area contributed by atoms with Crippen molar-refractivity contribution < 1.29 is 22.7 Å². The lowest BCUT2D eigenvalue weighted by Crippen LogP contribution is -2.40. The Morgan fingerprint density at radius 2 is 1.85 bits per heavy atom. The molecule has 0 saturated heterocycles. The maximum atomic E-state index is 13.2. The molecule has 0 aliphatic carbocycles. The van der Waals surface area contributed by atoms with Crippen molar-refractivity contribution in [3.05, 3.63) is 61.4 Å². The molecule has 11 heteroatoms. The molecule has 33 heavy (non-hydrogen) atoms. The molecule has 178 valence electrons. The molecule has 0 radical (unpaired) electrons. The summed E-state index contributed by atoms with van der Waals surface area (Å²) in [4.78, 5) is 43.1. The number of alkyl halides is 3. The summed E-state index contributed by atoms with van der Waals surface area (Å²) in [5.74, 6) is -0.697. The van der Waals surface area contributed by atoms with E-state index in [4.69, 9.17) is 4.74 Å². The Labute approximate surface area is 191 Å². The van der Waals surface area contributed by atoms with E-state index in [9.17, 15) is 27.6 Å². The Hall–Kier alpha value is -2.95. The van der Waals surface area contributed by atoms with Gasteiger partial charge in [0.15, 0.2) is 0 Å². The van der Waals surface area contributed by atoms with Crippen molar-refractivity contribution in [1.29, 1.82) is 0 Å². The van der Waals surface area contributed by atoms with E-state index in [1.54, 1.807) is 45.3 Å². The van der Waals surface area contributed by atoms with Crippen molar-refractivity contribution in [1.82, 2.24) is 14.1 Å². The monoisotopic (exact) mass is 483 g/mol. The number of thiophene rings is 1. The van der Waals surface area contributed by atoms with Crippen LogP contribution in [0.1, 0.15) is 48.0 Å². The van der Waals surface area contributed by atoms with Gasteiger partial charge in [0.2, 0.25) is 0 Å². The van der Waals surface area contributed by atoms with E-state index < -0.39 is 42.0 Å². The molecule has 3 heterocycles. The Morgan fingerprint density at radius 1 is 1.15 bits per heavy atom. The van der Waals surface area contributed by atoms with E-state index in [2.05, 4.69) is 4.98 Å². The Bertz CT molecular complexity index is 1290. The third kappa shape index (κ3) is 5.70. The molecule has 0 amide bonds. The van der Waals surface area contributed by atoms with E-state index in [0.717, 1.165) is 26.0 Å². The molecule has 0 aliphatic heterocycles. The average molecular weight is 484 g/mol. The van der Waals surface area contributed by atoms with Gasteiger partial charge in [-0.2, -0.15) is 13.2 Å². The lowest BCUT2D eigenvalue weighted by atomic mass is 10.1. The highest BCUT2D eigenvalue weighted by molar-refractivity contribution is 7.20. The van der Waals surface area contributed by atoms with Gasteiger partial charge in [0.25, 0.3) is 5.56 Å². The SMILES string of the molecule is Cc1c(C(=O)OC(C)(C)C)sc2c1c(=O)n(CCc1cccnc1)c(=O)n2CCC(F)(F)F. The molecule has 0 bridgehead atoms. The Morgan fingerprint density at radius 3 is 2.42 bits per heavy atom. The van der Waals surface area contributed by atoms with Crippen LogP contribution in [0.15, 0.2) is 34.1 Å². The summed E-state index contributed by atoms with van der Waals surface area (Å²) in [5, 5.41) is 0.0498. The molecular weight excluding hydrogens is 459 g/mol. The third-order valence-corrected chi connectivity index (χ3v) is 6.14. The number of aryl methyl sites for hydroxylation is 3. The number of fused-ring (bicyclic) bond motifs is 1. The zero-order chi connectivity index (χ0) is 24.6. The van der Waals surface area contributed by atoms with Gasteiger partial charge in [0.05, 0.1) is 11.8 Å². The maximum absolute atomic E-state index is 13.2. The van der Waals surface area contributed by atoms with Gasteiger partial charge in [0, 0.05) is 25.5 Å². The number of hydrogen-bond acceptors (Lipinski definition) is 6. The van der Waals surface area contributed by atoms with Gasteiger partial charge in [0.1, 0.15) is 15.3 Å². The number of hydrogen-bond donors (Lipinski definition) is 0. The van der Waals surface area contributed by atoms with Crippen LogP contribution in [-0.4, -0.2) is 31.9 Å². The standard InChI is InChI=1S/C22H24F3N3O4S/c1-13-15-17(29)27(10-7-14-6-5-9-26-12-14)20(31)28(11-8-22(23,24)25)18(15)33-16(13)19(30)32-21(2,3)4/h5-6,9,12H,7-8,10-11H2,1-4H3. The first kappa shape index (κ1) is 24.7. The van der Waals surface area contributed by atoms with Gasteiger partial charge in [-0.25, -0.2) is 9.59 Å². The summed E-state index contributed by atoms with van der Waals surface area (Å²) in [6.07, 6.45) is -2.29. The van der Waals surface area contributed by atoms with Gasteiger partial charge in [-0.05, 0) is 51.3 Å². The minimum atomic E-state index is -4.50. The maximum Gasteiger partial charge on any atom is 0.390 e. The predicted molar refractivity (Wildman–Crippen MR) is 119 cm³/mol. The first-order valence-electron chi connectivity index (χ1n) is 10.2. The summed E-state index contributed by atoms with van der Waals surface area (Å²) in [5.41, 5.74) is -1.25. The predicted octanol–water partition coefficient (Wildman–Crippen LogP) is 4.08. The number of carbonyl (C=O) groups is 1. The minimum absolute atomic E-state index is 0.0326. The number of aromatic nitrogens is 3. The molecule has 0 aromatic carbocycles. The van der Waals surface area contributed by atoms with Crippen LogP contribution >= 0.6 is 11.3 Å². The first-order chi connectivity index (χ1) is 15.3. The highest BCUT2D eigenvalue weighted by Gasteiger charge is 2.30. The number of halogens is 3. The van der Waals surface area contributed by atoms with E-state index in [-0.39, 0.29) is 33.6 Å². The lowest BCUT2D eigenvalue weighted by Gasteiger charge is -2.19. The van der Waals surface area contributed by atoms with Crippen molar-refractivity contribution >= 4 is 27.5 Å². The van der Waals surface area contributed by atoms with Gasteiger partial charge in [-0.1, -0.05) is 6.07 Å². The van der Waals surface area contributed by atoms with Gasteiger partial charge in [-0.3, -0.25) is 18.9 Å². The summed E-state index contributed by atoms with van der Waals surface area (Å²) >= 11 is 0.799. The van der Waals surface area contributed by atoms with Crippen molar-refractivity contribution in [3.63, 3.8) is 0 Å². The average Bonchev–Trinajstić information content (AvgIpc) is 3.04. The second-order valence-electron chi connectivity index (χ2n) is 8.61. The number of carbonyl (C=O) groups excluding carboxylic acids is 1. The van der Waals surface area contributed by atoms with E-state index in [0.29, 0.717) is 0 Å². The van der Waals surface area contributed by atoms with Crippen molar-refractivity contribution in [2.75, 3.05) is 0 Å². The molecule has 0 atom stereocenters. The Balaban J connectivity index is 2.16. The fourth-order valence-corrected chi connectivity index (χ4v) is 4.53. The molecule has 7 nitrogen and oxygen atoms in total. The number of ether oxygens (including phenoxy) is 1. The van der Waals surface area contributed by atoms with E-state index in [1.807, 2.05) is 0 Å². The van der Waals surface area contributed by atoms with Crippen LogP contribution in [0.5, 0.6) is 0 Å². The van der Waals surface area contributed by atoms with Crippen molar-refractivity contribution in [2.45, 2.75) is 65.4 Å². The molecule has 3 aromatic rings. The molecule has 0 spiro atoms. The number of pyridine rings is 1. The number of esters is 1. The quantitative estimate of drug-likeness (QED) is 0.494. The van der Waals surface area contributed by atoms with E-state index in [1.165, 1.54) is 6.92 Å². The summed E-state index contributed by atoms with van der Waals surface area (Å²) in [6, 6.07) is 3.48. The van der Waals surface area contributed by atoms with Crippen LogP contribution < -0.4 is 11.2 Å². The molecule has 0 saturated carbocycles. The van der Waals surface area contributed by atoms with E-state index >= 15 is 0 Å². The smallest absolute Gasteiger partial charge is 0.390 e. The number of nitrogens with zero attached hydrogens (tertiary/aromatic N) is 3. The number of rotatable bonds is 6. The fraction of sp³-hybridized carbons (Fsp3) is 0.455. The molecule has 0 unspecified atom stereocenters. The summed E-state index contributed by atoms with van der Waals surface area (Å²) < 4.78 is 46.1. The fourth-order valence-electron chi connectivity index (χ4n) is 3.33. The first-order valence-corrected chi connectivity index (χ1v) is 11.1. The highest BCUT2D eigenvalue weighted by Crippen LogP contribution is 2.30. The molecule has 0 N–H and O–H groups in total. The van der Waals surface area contributed by atoms with Gasteiger partial charge >= 0.3 is 17.8 Å². The largest absolute Gasteiger partial charge is 0.456 e. The molecule has 0 aliphatic rings. The zero-order valence-corrected chi connectivity index (χ0v) is 19.5. The topological polar surface area (TPSA) is 83.2 Å². The second kappa shape index (κ2) is 9.12. The van der Waals surface area contributed by atoms with Crippen LogP contribution in [0.4, 0.5) is 13.2 Å². The molecule has 3 rings (SSSR count). The molecule has 3 aromatic heterocycles. The lowest BCUT2D eigenvalue weighted by molar-refractivity contribution is -0.136. The van der Waals surface area contributed by atoms with Crippen molar-refractivity contribution in [2.24, 2.45) is 0 Å². The molecular formula is C22H24F3N3O4S. The third-order valence-electron chi connectivity index (χ3n) is 4.84. The Kier molecular flexibility index (Phi) is 6.83. The zero-order valence-electron chi connectivity index (χ0n) is 18.7. The summed E-state index contributed by atoms with van der Waals surface area (Å²) in [7, 11) is 0. The van der Waals surface area contributed by atoms with Crippen molar-refractivity contribution in [3.8, 4) is 0 Å². The van der Waals surface area contributed by atoms with Crippen LogP contribution in [0.3, 0.4) is 0 Å². The summed E-state index contributed by atoms with van der Waals surface area (Å²) in [6.45, 7) is 5.86. The second-order valence-corrected chi connectivity index (χ2v) is 9.60. The van der Waals surface area contributed by atoms with Gasteiger partial charge in [-0.15, -0.1) is 11.3 Å². The van der Waals surface area contributed by atoms with Crippen LogP contribution in [0.2, 0.25) is 0 Å². The van der Waals surface area contributed by atoms with Gasteiger partial charge < -0.3 is 4.74 Å².